The summed E-state index contributed by atoms with van der Waals surface area (Å²) >= 11 is 0. The molecule has 0 spiro atoms. The number of allylic oxidation sites excluding steroid dienone is 1. The smallest absolute Gasteiger partial charge is 0.303 e. The van der Waals surface area contributed by atoms with Gasteiger partial charge in [-0.05, 0) is 44.4 Å². The van der Waals surface area contributed by atoms with Crippen molar-refractivity contribution < 1.29 is 24.2 Å². The number of aliphatic carboxylic acids is 1. The third-order valence-electron chi connectivity index (χ3n) is 3.41. The van der Waals surface area contributed by atoms with E-state index in [0.717, 1.165) is 12.0 Å². The number of amides is 1. The molecule has 0 aromatic heterocycles. The van der Waals surface area contributed by atoms with Crippen LogP contribution in [0.1, 0.15) is 32.3 Å². The van der Waals surface area contributed by atoms with Gasteiger partial charge in [0.05, 0.1) is 7.11 Å². The monoisotopic (exact) mass is 335 g/mol. The molecule has 1 rings (SSSR count). The average molecular weight is 335 g/mol. The van der Waals surface area contributed by atoms with Crippen LogP contribution < -0.4 is 14.8 Å². The fraction of sp³-hybridized carbons (Fsp3) is 0.444. The molecule has 0 aliphatic carbocycles. The van der Waals surface area contributed by atoms with Crippen LogP contribution in [0.2, 0.25) is 0 Å². The van der Waals surface area contributed by atoms with Gasteiger partial charge in [-0.2, -0.15) is 0 Å². The molecule has 0 bridgehead atoms. The fourth-order valence-corrected chi connectivity index (χ4v) is 2.16. The lowest BCUT2D eigenvalue weighted by Crippen LogP contribution is -2.45. The highest BCUT2D eigenvalue weighted by molar-refractivity contribution is 5.78. The summed E-state index contributed by atoms with van der Waals surface area (Å²) < 4.78 is 10.8. The van der Waals surface area contributed by atoms with Gasteiger partial charge in [0.15, 0.2) is 18.1 Å². The Morgan fingerprint density at radius 1 is 1.33 bits per heavy atom. The number of benzene rings is 1. The molecule has 0 saturated heterocycles. The zero-order valence-electron chi connectivity index (χ0n) is 14.4. The Hall–Kier alpha value is -2.50. The summed E-state index contributed by atoms with van der Waals surface area (Å²) in [5.41, 5.74) is 0.421. The van der Waals surface area contributed by atoms with Crippen LogP contribution in [-0.4, -0.2) is 36.2 Å². The van der Waals surface area contributed by atoms with E-state index in [1.54, 1.807) is 26.0 Å². The van der Waals surface area contributed by atoms with Crippen LogP contribution in [0.25, 0.3) is 0 Å². The van der Waals surface area contributed by atoms with Crippen LogP contribution in [0, 0.1) is 0 Å². The third kappa shape index (κ3) is 6.73. The Balaban J connectivity index is 2.60. The van der Waals surface area contributed by atoms with Crippen LogP contribution in [0.5, 0.6) is 11.5 Å². The molecule has 0 atom stereocenters. The SMILES string of the molecule is C=CCc1ccc(OCC(=O)NC(C)(C)CCC(=O)O)c(OC)c1. The van der Waals surface area contributed by atoms with E-state index >= 15 is 0 Å². The Morgan fingerprint density at radius 2 is 2.04 bits per heavy atom. The highest BCUT2D eigenvalue weighted by Gasteiger charge is 2.22. The van der Waals surface area contributed by atoms with Gasteiger partial charge in [0, 0.05) is 12.0 Å². The molecular weight excluding hydrogens is 310 g/mol. The van der Waals surface area contributed by atoms with Crippen molar-refractivity contribution >= 4 is 11.9 Å². The molecule has 1 aromatic carbocycles. The highest BCUT2D eigenvalue weighted by atomic mass is 16.5. The number of carbonyl (C=O) groups excluding carboxylic acids is 1. The Labute approximate surface area is 142 Å². The molecule has 24 heavy (non-hydrogen) atoms. The van der Waals surface area contributed by atoms with E-state index in [-0.39, 0.29) is 18.9 Å². The summed E-state index contributed by atoms with van der Waals surface area (Å²) in [5.74, 6) is -0.184. The summed E-state index contributed by atoms with van der Waals surface area (Å²) in [5, 5.41) is 11.5. The normalized spacial score (nSPS) is 10.8. The maximum atomic E-state index is 12.0. The van der Waals surface area contributed by atoms with E-state index in [9.17, 15) is 9.59 Å². The Kier molecular flexibility index (Phi) is 7.30. The predicted molar refractivity (Wildman–Crippen MR) is 91.5 cm³/mol. The summed E-state index contributed by atoms with van der Waals surface area (Å²) in [6, 6.07) is 5.47. The van der Waals surface area contributed by atoms with Crippen LogP contribution in [0.15, 0.2) is 30.9 Å². The van der Waals surface area contributed by atoms with Gasteiger partial charge in [-0.25, -0.2) is 0 Å². The fourth-order valence-electron chi connectivity index (χ4n) is 2.16. The molecule has 0 aliphatic heterocycles. The molecule has 0 fully saturated rings. The van der Waals surface area contributed by atoms with Crippen molar-refractivity contribution in [3.05, 3.63) is 36.4 Å². The van der Waals surface area contributed by atoms with Crippen molar-refractivity contribution in [1.82, 2.24) is 5.32 Å². The second-order valence-corrected chi connectivity index (χ2v) is 6.09. The van der Waals surface area contributed by atoms with Gasteiger partial charge in [-0.1, -0.05) is 12.1 Å². The van der Waals surface area contributed by atoms with Crippen molar-refractivity contribution in [3.63, 3.8) is 0 Å². The van der Waals surface area contributed by atoms with Crippen LogP contribution in [-0.2, 0) is 16.0 Å². The number of hydrogen-bond donors (Lipinski definition) is 2. The highest BCUT2D eigenvalue weighted by Crippen LogP contribution is 2.28. The lowest BCUT2D eigenvalue weighted by atomic mass is 9.98. The molecule has 0 saturated carbocycles. The molecule has 2 N–H and O–H groups in total. The van der Waals surface area contributed by atoms with E-state index in [0.29, 0.717) is 17.9 Å². The molecule has 6 nitrogen and oxygen atoms in total. The van der Waals surface area contributed by atoms with Gasteiger partial charge in [0.25, 0.3) is 5.91 Å². The first kappa shape index (κ1) is 19.5. The first-order chi connectivity index (χ1) is 11.3. The maximum Gasteiger partial charge on any atom is 0.303 e. The predicted octanol–water partition coefficient (Wildman–Crippen LogP) is 2.56. The molecule has 132 valence electrons. The van der Waals surface area contributed by atoms with Crippen molar-refractivity contribution in [2.24, 2.45) is 0 Å². The average Bonchev–Trinajstić information content (AvgIpc) is 2.51. The van der Waals surface area contributed by atoms with Crippen molar-refractivity contribution in [3.8, 4) is 11.5 Å². The van der Waals surface area contributed by atoms with Crippen molar-refractivity contribution in [2.75, 3.05) is 13.7 Å². The van der Waals surface area contributed by atoms with Gasteiger partial charge >= 0.3 is 5.97 Å². The zero-order valence-corrected chi connectivity index (χ0v) is 14.4. The molecule has 0 radical (unpaired) electrons. The molecule has 0 aliphatic rings. The zero-order chi connectivity index (χ0) is 18.2. The number of methoxy groups -OCH3 is 1. The number of hydrogen-bond acceptors (Lipinski definition) is 4. The number of carboxylic acids is 1. The Bertz CT molecular complexity index is 595. The van der Waals surface area contributed by atoms with E-state index in [1.807, 2.05) is 12.1 Å². The van der Waals surface area contributed by atoms with E-state index in [4.69, 9.17) is 14.6 Å². The van der Waals surface area contributed by atoms with Gasteiger partial charge in [-0.15, -0.1) is 6.58 Å². The topological polar surface area (TPSA) is 84.9 Å². The summed E-state index contributed by atoms with van der Waals surface area (Å²) in [4.78, 5) is 22.6. The maximum absolute atomic E-state index is 12.0. The lowest BCUT2D eigenvalue weighted by molar-refractivity contribution is -0.138. The van der Waals surface area contributed by atoms with Crippen LogP contribution in [0.3, 0.4) is 0 Å². The van der Waals surface area contributed by atoms with Gasteiger partial charge in [-0.3, -0.25) is 9.59 Å². The van der Waals surface area contributed by atoms with Crippen molar-refractivity contribution in [1.29, 1.82) is 0 Å². The Morgan fingerprint density at radius 3 is 2.62 bits per heavy atom. The van der Waals surface area contributed by atoms with E-state index in [1.165, 1.54) is 7.11 Å². The van der Waals surface area contributed by atoms with E-state index in [2.05, 4.69) is 11.9 Å². The summed E-state index contributed by atoms with van der Waals surface area (Å²) in [6.07, 6.45) is 2.84. The van der Waals surface area contributed by atoms with E-state index < -0.39 is 11.5 Å². The number of ether oxygens (including phenoxy) is 2. The minimum atomic E-state index is -0.891. The number of rotatable bonds is 10. The summed E-state index contributed by atoms with van der Waals surface area (Å²) in [6.45, 7) is 7.07. The molecule has 1 aromatic rings. The molecule has 6 heteroatoms. The molecule has 1 amide bonds. The first-order valence-electron chi connectivity index (χ1n) is 7.71. The molecule has 0 unspecified atom stereocenters. The first-order valence-corrected chi connectivity index (χ1v) is 7.71. The van der Waals surface area contributed by atoms with Crippen LogP contribution >= 0.6 is 0 Å². The number of carbonyl (C=O) groups is 2. The van der Waals surface area contributed by atoms with Crippen molar-refractivity contribution in [2.45, 2.75) is 38.6 Å². The molecule has 0 heterocycles. The lowest BCUT2D eigenvalue weighted by Gasteiger charge is -2.25. The van der Waals surface area contributed by atoms with Gasteiger partial charge < -0.3 is 19.9 Å². The second-order valence-electron chi connectivity index (χ2n) is 6.09. The van der Waals surface area contributed by atoms with Gasteiger partial charge in [0.1, 0.15) is 0 Å². The third-order valence-corrected chi connectivity index (χ3v) is 3.41. The minimum Gasteiger partial charge on any atom is -0.493 e. The molecular formula is C18H25NO5. The minimum absolute atomic E-state index is 0.00722. The summed E-state index contributed by atoms with van der Waals surface area (Å²) in [7, 11) is 1.54. The standard InChI is InChI=1S/C18H25NO5/c1-5-6-13-7-8-14(15(11-13)23-4)24-12-16(20)19-18(2,3)10-9-17(21)22/h5,7-8,11H,1,6,9-10,12H2,2-4H3,(H,19,20)(H,21,22). The second kappa shape index (κ2) is 8.96. The quantitative estimate of drug-likeness (QED) is 0.642. The van der Waals surface area contributed by atoms with Gasteiger partial charge in [0.2, 0.25) is 0 Å². The van der Waals surface area contributed by atoms with Crippen LogP contribution in [0.4, 0.5) is 0 Å². The number of carboxylic acid groups (broad SMARTS) is 1. The number of nitrogens with one attached hydrogen (secondary N) is 1. The largest absolute Gasteiger partial charge is 0.493 e.